The average Bonchev–Trinajstić information content (AvgIpc) is 3.28. The number of carbonyl (C=O) groups excluding carboxylic acids is 2. The summed E-state index contributed by atoms with van der Waals surface area (Å²) in [7, 11) is 0. The summed E-state index contributed by atoms with van der Waals surface area (Å²) in [6.45, 7) is 3.01. The maximum absolute atomic E-state index is 12.2. The van der Waals surface area contributed by atoms with E-state index in [0.29, 0.717) is 23.3 Å². The monoisotopic (exact) mass is 391 g/mol. The number of amides is 2. The van der Waals surface area contributed by atoms with Crippen molar-refractivity contribution in [2.24, 2.45) is 0 Å². The molecule has 1 saturated heterocycles. The highest BCUT2D eigenvalue weighted by molar-refractivity contribution is 7.10. The van der Waals surface area contributed by atoms with Crippen LogP contribution in [-0.4, -0.2) is 36.3 Å². The van der Waals surface area contributed by atoms with Gasteiger partial charge in [-0.05, 0) is 55.5 Å². The SMILES string of the molecule is Cc1c(Cl)cccc1NC(=O)CNC(=O)CN1CCCC1c1cccs1. The Morgan fingerprint density at radius 1 is 1.27 bits per heavy atom. The van der Waals surface area contributed by atoms with Crippen molar-refractivity contribution in [1.29, 1.82) is 0 Å². The number of thiophene rings is 1. The van der Waals surface area contributed by atoms with Crippen molar-refractivity contribution in [2.45, 2.75) is 25.8 Å². The summed E-state index contributed by atoms with van der Waals surface area (Å²) in [4.78, 5) is 27.8. The third-order valence-corrected chi connectivity index (χ3v) is 5.95. The Kier molecular flexibility index (Phi) is 6.29. The fourth-order valence-corrected chi connectivity index (χ4v) is 4.24. The molecule has 2 amide bonds. The summed E-state index contributed by atoms with van der Waals surface area (Å²) in [6, 6.07) is 9.81. The maximum Gasteiger partial charge on any atom is 0.243 e. The Labute approximate surface area is 162 Å². The van der Waals surface area contributed by atoms with Gasteiger partial charge in [0.1, 0.15) is 0 Å². The lowest BCUT2D eigenvalue weighted by Gasteiger charge is -2.22. The van der Waals surface area contributed by atoms with E-state index in [1.54, 1.807) is 29.5 Å². The van der Waals surface area contributed by atoms with Crippen LogP contribution in [0.5, 0.6) is 0 Å². The molecule has 3 rings (SSSR count). The van der Waals surface area contributed by atoms with Crippen molar-refractivity contribution in [2.75, 3.05) is 25.0 Å². The van der Waals surface area contributed by atoms with Crippen LogP contribution in [0.3, 0.4) is 0 Å². The molecule has 2 heterocycles. The van der Waals surface area contributed by atoms with E-state index in [0.717, 1.165) is 24.9 Å². The van der Waals surface area contributed by atoms with Gasteiger partial charge in [0.15, 0.2) is 0 Å². The highest BCUT2D eigenvalue weighted by Gasteiger charge is 2.28. The van der Waals surface area contributed by atoms with Crippen LogP contribution in [0.2, 0.25) is 5.02 Å². The van der Waals surface area contributed by atoms with E-state index in [-0.39, 0.29) is 18.4 Å². The summed E-state index contributed by atoms with van der Waals surface area (Å²) in [5.74, 6) is -0.397. The molecule has 0 saturated carbocycles. The normalized spacial score (nSPS) is 17.2. The smallest absolute Gasteiger partial charge is 0.243 e. The number of carbonyl (C=O) groups is 2. The molecule has 0 radical (unpaired) electrons. The zero-order valence-electron chi connectivity index (χ0n) is 14.6. The third kappa shape index (κ3) is 4.63. The van der Waals surface area contributed by atoms with Crippen LogP contribution in [0.15, 0.2) is 35.7 Å². The molecule has 1 aliphatic heterocycles. The quantitative estimate of drug-likeness (QED) is 0.790. The summed E-state index contributed by atoms with van der Waals surface area (Å²) < 4.78 is 0. The minimum absolute atomic E-state index is 0.0533. The molecule has 138 valence electrons. The van der Waals surface area contributed by atoms with Gasteiger partial charge in [-0.25, -0.2) is 0 Å². The first kappa shape index (κ1) is 18.9. The van der Waals surface area contributed by atoms with Gasteiger partial charge in [0.05, 0.1) is 13.1 Å². The maximum atomic E-state index is 12.2. The Morgan fingerprint density at radius 2 is 2.12 bits per heavy atom. The van der Waals surface area contributed by atoms with Crippen LogP contribution in [0.25, 0.3) is 0 Å². The van der Waals surface area contributed by atoms with Crippen LogP contribution >= 0.6 is 22.9 Å². The number of rotatable bonds is 6. The first-order valence-corrected chi connectivity index (χ1v) is 9.89. The van der Waals surface area contributed by atoms with Crippen molar-refractivity contribution < 1.29 is 9.59 Å². The Balaban J connectivity index is 1.48. The number of anilines is 1. The van der Waals surface area contributed by atoms with Gasteiger partial charge in [-0.3, -0.25) is 14.5 Å². The van der Waals surface area contributed by atoms with Gasteiger partial charge in [0.25, 0.3) is 0 Å². The molecule has 0 bridgehead atoms. The second-order valence-corrected chi connectivity index (χ2v) is 7.77. The summed E-state index contributed by atoms with van der Waals surface area (Å²) >= 11 is 7.77. The van der Waals surface area contributed by atoms with E-state index >= 15 is 0 Å². The predicted molar refractivity (Wildman–Crippen MR) is 106 cm³/mol. The topological polar surface area (TPSA) is 61.4 Å². The molecule has 1 unspecified atom stereocenters. The number of benzene rings is 1. The Hall–Kier alpha value is -1.89. The van der Waals surface area contributed by atoms with Crippen molar-refractivity contribution >= 4 is 40.4 Å². The molecule has 26 heavy (non-hydrogen) atoms. The van der Waals surface area contributed by atoms with E-state index < -0.39 is 0 Å². The molecular weight excluding hydrogens is 370 g/mol. The van der Waals surface area contributed by atoms with Crippen LogP contribution in [0, 0.1) is 6.92 Å². The fourth-order valence-electron chi connectivity index (χ4n) is 3.17. The molecule has 1 fully saturated rings. The standard InChI is InChI=1S/C19H22ClN3O2S/c1-13-14(20)5-2-6-15(13)22-18(24)11-21-19(25)12-23-9-3-7-16(23)17-8-4-10-26-17/h2,4-6,8,10,16H,3,7,9,11-12H2,1H3,(H,21,25)(H,22,24). The summed E-state index contributed by atoms with van der Waals surface area (Å²) in [5.41, 5.74) is 1.47. The van der Waals surface area contributed by atoms with Gasteiger partial charge in [-0.15, -0.1) is 11.3 Å². The van der Waals surface area contributed by atoms with Crippen molar-refractivity contribution in [1.82, 2.24) is 10.2 Å². The number of hydrogen-bond acceptors (Lipinski definition) is 4. The molecule has 5 nitrogen and oxygen atoms in total. The molecule has 7 heteroatoms. The molecule has 0 aliphatic carbocycles. The van der Waals surface area contributed by atoms with E-state index in [2.05, 4.69) is 27.0 Å². The molecule has 1 aliphatic rings. The highest BCUT2D eigenvalue weighted by atomic mass is 35.5. The van der Waals surface area contributed by atoms with Crippen molar-refractivity contribution in [3.05, 3.63) is 51.2 Å². The molecule has 2 N–H and O–H groups in total. The van der Waals surface area contributed by atoms with E-state index in [4.69, 9.17) is 11.6 Å². The molecule has 1 aromatic carbocycles. The van der Waals surface area contributed by atoms with E-state index in [1.165, 1.54) is 4.88 Å². The number of halogens is 1. The molecular formula is C19H22ClN3O2S. The third-order valence-electron chi connectivity index (χ3n) is 4.57. The van der Waals surface area contributed by atoms with Gasteiger partial charge in [-0.2, -0.15) is 0 Å². The van der Waals surface area contributed by atoms with E-state index in [1.807, 2.05) is 13.0 Å². The summed E-state index contributed by atoms with van der Waals surface area (Å²) in [6.07, 6.45) is 2.16. The number of likely N-dealkylation sites (tertiary alicyclic amines) is 1. The largest absolute Gasteiger partial charge is 0.346 e. The van der Waals surface area contributed by atoms with Crippen LogP contribution in [0.1, 0.15) is 29.3 Å². The second-order valence-electron chi connectivity index (χ2n) is 6.38. The first-order valence-electron chi connectivity index (χ1n) is 8.63. The summed E-state index contributed by atoms with van der Waals surface area (Å²) in [5, 5.41) is 8.15. The number of hydrogen-bond donors (Lipinski definition) is 2. The lowest BCUT2D eigenvalue weighted by molar-refractivity contribution is -0.125. The molecule has 2 aromatic rings. The average molecular weight is 392 g/mol. The highest BCUT2D eigenvalue weighted by Crippen LogP contribution is 2.33. The fraction of sp³-hybridized carbons (Fsp3) is 0.368. The number of nitrogens with one attached hydrogen (secondary N) is 2. The molecule has 0 spiro atoms. The van der Waals surface area contributed by atoms with Gasteiger partial charge >= 0.3 is 0 Å². The first-order chi connectivity index (χ1) is 12.5. The Morgan fingerprint density at radius 3 is 2.88 bits per heavy atom. The predicted octanol–water partition coefficient (Wildman–Crippen LogP) is 3.60. The molecule has 1 aromatic heterocycles. The van der Waals surface area contributed by atoms with E-state index in [9.17, 15) is 9.59 Å². The van der Waals surface area contributed by atoms with Gasteiger partial charge < -0.3 is 10.6 Å². The zero-order chi connectivity index (χ0) is 18.5. The Bertz CT molecular complexity index is 779. The minimum Gasteiger partial charge on any atom is -0.346 e. The van der Waals surface area contributed by atoms with Crippen LogP contribution in [-0.2, 0) is 9.59 Å². The second kappa shape index (κ2) is 8.66. The number of nitrogens with zero attached hydrogens (tertiary/aromatic N) is 1. The van der Waals surface area contributed by atoms with Crippen molar-refractivity contribution in [3.8, 4) is 0 Å². The van der Waals surface area contributed by atoms with Crippen LogP contribution in [0.4, 0.5) is 5.69 Å². The van der Waals surface area contributed by atoms with Gasteiger partial charge in [0.2, 0.25) is 11.8 Å². The zero-order valence-corrected chi connectivity index (χ0v) is 16.2. The van der Waals surface area contributed by atoms with Gasteiger partial charge in [-0.1, -0.05) is 23.7 Å². The van der Waals surface area contributed by atoms with Gasteiger partial charge in [0, 0.05) is 21.6 Å². The minimum atomic E-state index is -0.264. The lowest BCUT2D eigenvalue weighted by atomic mass is 10.2. The lowest BCUT2D eigenvalue weighted by Crippen LogP contribution is -2.40. The molecule has 1 atom stereocenters. The van der Waals surface area contributed by atoms with Crippen LogP contribution < -0.4 is 10.6 Å². The van der Waals surface area contributed by atoms with Crippen molar-refractivity contribution in [3.63, 3.8) is 0 Å².